The van der Waals surface area contributed by atoms with Crippen LogP contribution in [0, 0.1) is 0 Å². The Labute approximate surface area is 156 Å². The number of thioether (sulfide) groups is 1. The van der Waals surface area contributed by atoms with Crippen LogP contribution in [0.1, 0.15) is 23.4 Å². The average molecular weight is 371 g/mol. The van der Waals surface area contributed by atoms with Gasteiger partial charge < -0.3 is 15.0 Å². The summed E-state index contributed by atoms with van der Waals surface area (Å²) in [7, 11) is 1.62. The van der Waals surface area contributed by atoms with Crippen LogP contribution in [0.25, 0.3) is 0 Å². The van der Waals surface area contributed by atoms with E-state index >= 15 is 0 Å². The molecule has 26 heavy (non-hydrogen) atoms. The van der Waals surface area contributed by atoms with Crippen LogP contribution < -0.4 is 10.1 Å². The minimum absolute atomic E-state index is 0.0186. The molecule has 2 aromatic rings. The number of nitrogens with zero attached hydrogens (tertiary/aromatic N) is 2. The molecule has 1 N–H and O–H groups in total. The van der Waals surface area contributed by atoms with E-state index in [2.05, 4.69) is 10.3 Å². The fraction of sp³-hybridized carbons (Fsp3) is 0.316. The monoisotopic (exact) mass is 371 g/mol. The Kier molecular flexibility index (Phi) is 5.78. The van der Waals surface area contributed by atoms with Gasteiger partial charge in [0.05, 0.1) is 12.4 Å². The minimum Gasteiger partial charge on any atom is -0.497 e. The van der Waals surface area contributed by atoms with Crippen LogP contribution in [0.4, 0.5) is 0 Å². The molecule has 3 rings (SSSR count). The fourth-order valence-corrected chi connectivity index (χ4v) is 4.05. The highest BCUT2D eigenvalue weighted by atomic mass is 32.2. The van der Waals surface area contributed by atoms with E-state index in [1.54, 1.807) is 36.2 Å². The van der Waals surface area contributed by atoms with Crippen LogP contribution in [0.2, 0.25) is 0 Å². The molecular weight excluding hydrogens is 350 g/mol. The van der Waals surface area contributed by atoms with Gasteiger partial charge in [-0.25, -0.2) is 0 Å². The maximum Gasteiger partial charge on any atom is 0.239 e. The van der Waals surface area contributed by atoms with Gasteiger partial charge in [-0.1, -0.05) is 12.1 Å². The van der Waals surface area contributed by atoms with E-state index in [0.717, 1.165) is 16.9 Å². The second-order valence-electron chi connectivity index (χ2n) is 6.00. The van der Waals surface area contributed by atoms with E-state index in [9.17, 15) is 9.59 Å². The quantitative estimate of drug-likeness (QED) is 0.844. The van der Waals surface area contributed by atoms with Gasteiger partial charge in [-0.05, 0) is 42.3 Å². The lowest BCUT2D eigenvalue weighted by Crippen LogP contribution is -2.40. The number of benzene rings is 1. The van der Waals surface area contributed by atoms with E-state index < -0.39 is 0 Å². The molecule has 0 radical (unpaired) electrons. The van der Waals surface area contributed by atoms with Gasteiger partial charge in [0.2, 0.25) is 11.8 Å². The van der Waals surface area contributed by atoms with E-state index in [1.165, 1.54) is 0 Å². The summed E-state index contributed by atoms with van der Waals surface area (Å²) in [6, 6.07) is 11.3. The van der Waals surface area contributed by atoms with Crippen molar-refractivity contribution in [3.8, 4) is 5.75 Å². The number of nitrogens with one attached hydrogen (secondary N) is 1. The first-order valence-corrected chi connectivity index (χ1v) is 9.28. The Bertz CT molecular complexity index is 767. The lowest BCUT2D eigenvalue weighted by molar-refractivity contribution is -0.135. The predicted octanol–water partition coefficient (Wildman–Crippen LogP) is 2.37. The highest BCUT2D eigenvalue weighted by molar-refractivity contribution is 8.01. The zero-order valence-electron chi connectivity index (χ0n) is 14.7. The molecule has 1 aromatic carbocycles. The Morgan fingerprint density at radius 3 is 2.58 bits per heavy atom. The molecule has 0 aliphatic carbocycles. The zero-order valence-corrected chi connectivity index (χ0v) is 15.5. The summed E-state index contributed by atoms with van der Waals surface area (Å²) in [4.78, 5) is 30.5. The van der Waals surface area contributed by atoms with Gasteiger partial charge in [-0.3, -0.25) is 14.6 Å². The molecule has 6 nitrogen and oxygen atoms in total. The van der Waals surface area contributed by atoms with Crippen molar-refractivity contribution in [2.75, 3.05) is 13.7 Å². The summed E-state index contributed by atoms with van der Waals surface area (Å²) in [5.41, 5.74) is 1.95. The highest BCUT2D eigenvalue weighted by Gasteiger charge is 2.39. The SMILES string of the molecule is COc1ccc(C2SC(C)C(=O)N2CC(=O)NCc2ccncc2)cc1. The van der Waals surface area contributed by atoms with E-state index in [4.69, 9.17) is 4.74 Å². The van der Waals surface area contributed by atoms with Crippen LogP contribution in [0.3, 0.4) is 0 Å². The lowest BCUT2D eigenvalue weighted by Gasteiger charge is -2.23. The normalized spacial score (nSPS) is 19.5. The predicted molar refractivity (Wildman–Crippen MR) is 101 cm³/mol. The van der Waals surface area contributed by atoms with Gasteiger partial charge in [0.1, 0.15) is 17.7 Å². The van der Waals surface area contributed by atoms with Gasteiger partial charge in [-0.15, -0.1) is 11.8 Å². The summed E-state index contributed by atoms with van der Waals surface area (Å²) >= 11 is 1.55. The highest BCUT2D eigenvalue weighted by Crippen LogP contribution is 2.42. The Balaban J connectivity index is 1.66. The van der Waals surface area contributed by atoms with Crippen molar-refractivity contribution in [1.29, 1.82) is 0 Å². The number of carbonyl (C=O) groups is 2. The van der Waals surface area contributed by atoms with Crippen molar-refractivity contribution >= 4 is 23.6 Å². The number of methoxy groups -OCH3 is 1. The topological polar surface area (TPSA) is 71.5 Å². The van der Waals surface area contributed by atoms with E-state index in [-0.39, 0.29) is 29.0 Å². The van der Waals surface area contributed by atoms with Crippen LogP contribution in [-0.2, 0) is 16.1 Å². The third-order valence-corrected chi connectivity index (χ3v) is 5.60. The summed E-state index contributed by atoms with van der Waals surface area (Å²) in [5.74, 6) is 0.566. The van der Waals surface area contributed by atoms with Gasteiger partial charge in [0, 0.05) is 18.9 Å². The first-order chi connectivity index (χ1) is 12.6. The first kappa shape index (κ1) is 18.3. The Morgan fingerprint density at radius 1 is 1.23 bits per heavy atom. The Hall–Kier alpha value is -2.54. The molecule has 0 spiro atoms. The van der Waals surface area contributed by atoms with Crippen molar-refractivity contribution in [3.63, 3.8) is 0 Å². The molecule has 7 heteroatoms. The minimum atomic E-state index is -0.177. The average Bonchev–Trinajstić information content (AvgIpc) is 2.95. The molecular formula is C19H21N3O3S. The van der Waals surface area contributed by atoms with Gasteiger partial charge in [-0.2, -0.15) is 0 Å². The molecule has 1 saturated heterocycles. The van der Waals surface area contributed by atoms with Gasteiger partial charge in [0.15, 0.2) is 0 Å². The van der Waals surface area contributed by atoms with Crippen molar-refractivity contribution in [3.05, 3.63) is 59.9 Å². The van der Waals surface area contributed by atoms with Crippen LogP contribution in [0.15, 0.2) is 48.8 Å². The molecule has 136 valence electrons. The number of hydrogen-bond acceptors (Lipinski definition) is 5. The third kappa shape index (κ3) is 4.16. The number of hydrogen-bond donors (Lipinski definition) is 1. The largest absolute Gasteiger partial charge is 0.497 e. The Morgan fingerprint density at radius 2 is 1.92 bits per heavy atom. The van der Waals surface area contributed by atoms with Crippen molar-refractivity contribution in [2.24, 2.45) is 0 Å². The molecule has 2 atom stereocenters. The van der Waals surface area contributed by atoms with Crippen molar-refractivity contribution < 1.29 is 14.3 Å². The summed E-state index contributed by atoms with van der Waals surface area (Å²) in [6.45, 7) is 2.33. The van der Waals surface area contributed by atoms with Crippen molar-refractivity contribution in [1.82, 2.24) is 15.2 Å². The number of ether oxygens (including phenoxy) is 1. The van der Waals surface area contributed by atoms with Crippen LogP contribution >= 0.6 is 11.8 Å². The smallest absolute Gasteiger partial charge is 0.239 e. The van der Waals surface area contributed by atoms with Crippen LogP contribution in [-0.4, -0.2) is 40.6 Å². The molecule has 2 heterocycles. The number of rotatable bonds is 6. The third-order valence-electron chi connectivity index (χ3n) is 4.20. The molecule has 1 aliphatic heterocycles. The fourth-order valence-electron chi connectivity index (χ4n) is 2.77. The first-order valence-electron chi connectivity index (χ1n) is 8.34. The number of pyridine rings is 1. The number of amides is 2. The maximum absolute atomic E-state index is 12.5. The van der Waals surface area contributed by atoms with Gasteiger partial charge in [0.25, 0.3) is 0 Å². The van der Waals surface area contributed by atoms with Crippen molar-refractivity contribution in [2.45, 2.75) is 24.1 Å². The molecule has 2 unspecified atom stereocenters. The molecule has 0 saturated carbocycles. The molecule has 1 fully saturated rings. The summed E-state index contributed by atoms with van der Waals surface area (Å²) in [6.07, 6.45) is 3.37. The van der Waals surface area contributed by atoms with Gasteiger partial charge >= 0.3 is 0 Å². The molecule has 0 bridgehead atoms. The molecule has 2 amide bonds. The zero-order chi connectivity index (χ0) is 18.5. The molecule has 1 aliphatic rings. The second kappa shape index (κ2) is 8.23. The van der Waals surface area contributed by atoms with E-state index in [0.29, 0.717) is 6.54 Å². The second-order valence-corrected chi connectivity index (χ2v) is 7.43. The molecule has 1 aromatic heterocycles. The lowest BCUT2D eigenvalue weighted by atomic mass is 10.2. The van der Waals surface area contributed by atoms with Crippen LogP contribution in [0.5, 0.6) is 5.75 Å². The number of aromatic nitrogens is 1. The summed E-state index contributed by atoms with van der Waals surface area (Å²) in [5, 5.41) is 2.52. The summed E-state index contributed by atoms with van der Waals surface area (Å²) < 4.78 is 5.18. The standard InChI is InChI=1S/C19H21N3O3S/c1-13-18(24)22(12-17(23)21-11-14-7-9-20-10-8-14)19(26-13)15-3-5-16(25-2)6-4-15/h3-10,13,19H,11-12H2,1-2H3,(H,21,23). The van der Waals surface area contributed by atoms with E-state index in [1.807, 2.05) is 43.3 Å². The number of carbonyl (C=O) groups excluding carboxylic acids is 2. The maximum atomic E-state index is 12.5.